The van der Waals surface area contributed by atoms with Gasteiger partial charge in [-0.3, -0.25) is 4.79 Å². The van der Waals surface area contributed by atoms with Crippen molar-refractivity contribution in [3.05, 3.63) is 35.9 Å². The molecule has 0 aliphatic rings. The molecule has 0 aliphatic carbocycles. The lowest BCUT2D eigenvalue weighted by Crippen LogP contribution is -2.22. The van der Waals surface area contributed by atoms with Crippen LogP contribution in [0.3, 0.4) is 0 Å². The molecule has 1 N–H and O–H groups in total. The van der Waals surface area contributed by atoms with E-state index in [1.807, 2.05) is 18.2 Å². The summed E-state index contributed by atoms with van der Waals surface area (Å²) in [5, 5.41) is 2.97. The zero-order valence-electron chi connectivity index (χ0n) is 19.8. The molecule has 9 heteroatoms. The number of thiazole rings is 1. The van der Waals surface area contributed by atoms with Gasteiger partial charge in [0.05, 0.1) is 43.6 Å². The minimum absolute atomic E-state index is 0.140. The quantitative estimate of drug-likeness (QED) is 0.360. The molecule has 0 atom stereocenters. The van der Waals surface area contributed by atoms with Crippen molar-refractivity contribution in [2.45, 2.75) is 36.6 Å². The third-order valence-electron chi connectivity index (χ3n) is 5.27. The van der Waals surface area contributed by atoms with Gasteiger partial charge in [0.1, 0.15) is 0 Å². The predicted octanol–water partition coefficient (Wildman–Crippen LogP) is 5.41. The number of nitrogens with one attached hydrogen (secondary N) is 1. The summed E-state index contributed by atoms with van der Waals surface area (Å²) >= 11 is 3.35. The van der Waals surface area contributed by atoms with Crippen LogP contribution in [0, 0.1) is 0 Å². The van der Waals surface area contributed by atoms with Gasteiger partial charge >= 0.3 is 0 Å². The number of amides is 1. The molecule has 0 radical (unpaired) electrons. The zero-order valence-corrected chi connectivity index (χ0v) is 21.4. The second-order valence-corrected chi connectivity index (χ2v) is 10.3. The van der Waals surface area contributed by atoms with Gasteiger partial charge in [-0.15, -0.1) is 11.3 Å². The average molecular weight is 491 g/mol. The van der Waals surface area contributed by atoms with Crippen LogP contribution in [0.1, 0.15) is 25.8 Å². The number of hydrogen-bond acceptors (Lipinski definition) is 8. The maximum absolute atomic E-state index is 12.7. The number of ether oxygens (including phenoxy) is 4. The topological polar surface area (TPSA) is 78.9 Å². The van der Waals surface area contributed by atoms with Gasteiger partial charge in [-0.1, -0.05) is 17.8 Å². The number of aromatic nitrogens is 1. The molecule has 178 valence electrons. The average Bonchev–Trinajstić information content (AvgIpc) is 3.20. The summed E-state index contributed by atoms with van der Waals surface area (Å²) in [5.74, 6) is 2.28. The van der Waals surface area contributed by atoms with Crippen molar-refractivity contribution < 1.29 is 23.7 Å². The van der Waals surface area contributed by atoms with Crippen LogP contribution in [0.5, 0.6) is 17.2 Å². The van der Waals surface area contributed by atoms with Gasteiger partial charge < -0.3 is 24.3 Å². The summed E-state index contributed by atoms with van der Waals surface area (Å²) in [7, 11) is 6.38. The molecule has 0 unspecified atom stereocenters. The number of rotatable bonds is 11. The summed E-state index contributed by atoms with van der Waals surface area (Å²) in [5.41, 5.74) is 2.22. The summed E-state index contributed by atoms with van der Waals surface area (Å²) in [4.78, 5) is 17.4. The van der Waals surface area contributed by atoms with Crippen LogP contribution in [0.15, 0.2) is 34.7 Å². The first-order chi connectivity index (χ1) is 15.8. The van der Waals surface area contributed by atoms with Crippen molar-refractivity contribution in [3.63, 3.8) is 0 Å². The molecule has 33 heavy (non-hydrogen) atoms. The number of anilines is 1. The maximum atomic E-state index is 12.7. The maximum Gasteiger partial charge on any atom is 0.228 e. The molecule has 1 aromatic heterocycles. The second kappa shape index (κ2) is 11.1. The first-order valence-corrected chi connectivity index (χ1v) is 12.3. The van der Waals surface area contributed by atoms with Crippen LogP contribution in [-0.2, 0) is 16.0 Å². The molecule has 0 fully saturated rings. The fourth-order valence-electron chi connectivity index (χ4n) is 3.21. The van der Waals surface area contributed by atoms with E-state index in [2.05, 4.69) is 24.1 Å². The van der Waals surface area contributed by atoms with Gasteiger partial charge in [0.2, 0.25) is 11.7 Å². The van der Waals surface area contributed by atoms with Crippen LogP contribution in [0.4, 0.5) is 5.69 Å². The largest absolute Gasteiger partial charge is 0.493 e. The highest BCUT2D eigenvalue weighted by atomic mass is 32.2. The molecule has 0 spiro atoms. The molecule has 0 aliphatic heterocycles. The lowest BCUT2D eigenvalue weighted by molar-refractivity contribution is -0.115. The number of nitrogens with zero attached hydrogens (tertiary/aromatic N) is 1. The minimum atomic E-state index is -0.152. The van der Waals surface area contributed by atoms with Crippen molar-refractivity contribution in [2.75, 3.05) is 39.5 Å². The summed E-state index contributed by atoms with van der Waals surface area (Å²) in [6, 6.07) is 9.33. The van der Waals surface area contributed by atoms with Crippen LogP contribution in [0.2, 0.25) is 0 Å². The highest BCUT2D eigenvalue weighted by molar-refractivity contribution is 8.01. The summed E-state index contributed by atoms with van der Waals surface area (Å²) < 4.78 is 23.7. The zero-order chi connectivity index (χ0) is 24.0. The van der Waals surface area contributed by atoms with Gasteiger partial charge in [-0.2, -0.15) is 0 Å². The first kappa shape index (κ1) is 25.1. The van der Waals surface area contributed by atoms with E-state index in [4.69, 9.17) is 18.9 Å². The number of methoxy groups -OCH3 is 4. The van der Waals surface area contributed by atoms with Gasteiger partial charge in [-0.25, -0.2) is 4.98 Å². The highest BCUT2D eigenvalue weighted by Gasteiger charge is 2.19. The number of carbonyl (C=O) groups is 1. The lowest BCUT2D eigenvalue weighted by atomic mass is 10.1. The summed E-state index contributed by atoms with van der Waals surface area (Å²) in [6.45, 7) is 4.16. The van der Waals surface area contributed by atoms with Crippen LogP contribution >= 0.6 is 23.1 Å². The Morgan fingerprint density at radius 1 is 1.06 bits per heavy atom. The van der Waals surface area contributed by atoms with Crippen molar-refractivity contribution >= 4 is 44.9 Å². The van der Waals surface area contributed by atoms with Crippen LogP contribution in [0.25, 0.3) is 10.2 Å². The monoisotopic (exact) mass is 490 g/mol. The smallest absolute Gasteiger partial charge is 0.228 e. The Morgan fingerprint density at radius 3 is 2.48 bits per heavy atom. The van der Waals surface area contributed by atoms with Gasteiger partial charge in [0, 0.05) is 24.1 Å². The normalized spacial score (nSPS) is 11.5. The van der Waals surface area contributed by atoms with E-state index in [0.29, 0.717) is 22.8 Å². The molecular formula is C24H30N2O5S2. The number of carbonyl (C=O) groups excluding carboxylic acids is 1. The lowest BCUT2D eigenvalue weighted by Gasteiger charge is -2.21. The Bertz CT molecular complexity index is 1110. The van der Waals surface area contributed by atoms with E-state index < -0.39 is 0 Å². The van der Waals surface area contributed by atoms with E-state index in [1.54, 1.807) is 63.7 Å². The molecule has 1 amide bonds. The number of benzene rings is 2. The van der Waals surface area contributed by atoms with Crippen molar-refractivity contribution in [3.8, 4) is 17.2 Å². The Hall–Kier alpha value is -2.49. The highest BCUT2D eigenvalue weighted by Crippen LogP contribution is 2.40. The van der Waals surface area contributed by atoms with Crippen LogP contribution in [-0.4, -0.2) is 50.7 Å². The third-order valence-corrected chi connectivity index (χ3v) is 7.43. The van der Waals surface area contributed by atoms with E-state index in [0.717, 1.165) is 32.4 Å². The van der Waals surface area contributed by atoms with Gasteiger partial charge in [0.25, 0.3) is 0 Å². The van der Waals surface area contributed by atoms with E-state index in [1.165, 1.54) is 0 Å². The Morgan fingerprint density at radius 2 is 1.82 bits per heavy atom. The fraction of sp³-hybridized carbons (Fsp3) is 0.417. The van der Waals surface area contributed by atoms with Gasteiger partial charge in [0.15, 0.2) is 15.8 Å². The standard InChI is InChI=1S/C24H30N2O5S2/c1-24(2,31-6)11-12-32-23-26-17-9-8-16(14-19(17)33-23)25-20(27)13-15-7-10-18(28-3)22(30-5)21(15)29-4/h7-10,14H,11-13H2,1-6H3,(H,25,27). The SMILES string of the molecule is COc1ccc(CC(=O)Nc2ccc3nc(SCCC(C)(C)OC)sc3c2)c(OC)c1OC. The van der Waals surface area contributed by atoms with Crippen molar-refractivity contribution in [1.82, 2.24) is 4.98 Å². The van der Waals surface area contributed by atoms with Crippen molar-refractivity contribution in [2.24, 2.45) is 0 Å². The Labute approximate surface area is 202 Å². The molecule has 0 bridgehead atoms. The van der Waals surface area contributed by atoms with Crippen molar-refractivity contribution in [1.29, 1.82) is 0 Å². The molecule has 0 saturated heterocycles. The Balaban J connectivity index is 1.68. The third kappa shape index (κ3) is 6.31. The number of fused-ring (bicyclic) bond motifs is 1. The molecule has 2 aromatic carbocycles. The predicted molar refractivity (Wildman–Crippen MR) is 134 cm³/mol. The van der Waals surface area contributed by atoms with E-state index >= 15 is 0 Å². The molecule has 3 aromatic rings. The van der Waals surface area contributed by atoms with Crippen LogP contribution < -0.4 is 19.5 Å². The van der Waals surface area contributed by atoms with Gasteiger partial charge in [-0.05, 0) is 44.5 Å². The minimum Gasteiger partial charge on any atom is -0.493 e. The molecule has 3 rings (SSSR count). The molecule has 0 saturated carbocycles. The first-order valence-electron chi connectivity index (χ1n) is 10.5. The number of hydrogen-bond donors (Lipinski definition) is 1. The Kier molecular flexibility index (Phi) is 8.45. The summed E-state index contributed by atoms with van der Waals surface area (Å²) in [6.07, 6.45) is 1.08. The van der Waals surface area contributed by atoms with E-state index in [9.17, 15) is 4.79 Å². The fourth-order valence-corrected chi connectivity index (χ4v) is 5.63. The molecular weight excluding hydrogens is 460 g/mol. The molecule has 7 nitrogen and oxygen atoms in total. The second-order valence-electron chi connectivity index (χ2n) is 7.94. The number of thioether (sulfide) groups is 1. The molecule has 1 heterocycles. The van der Waals surface area contributed by atoms with E-state index in [-0.39, 0.29) is 17.9 Å².